The van der Waals surface area contributed by atoms with Crippen LogP contribution in [-0.4, -0.2) is 67.6 Å². The molecule has 0 radical (unpaired) electrons. The first-order chi connectivity index (χ1) is 25.2. The van der Waals surface area contributed by atoms with Gasteiger partial charge in [-0.15, -0.1) is 0 Å². The normalized spacial score (nSPS) is 12.0. The van der Waals surface area contributed by atoms with Gasteiger partial charge in [0.05, 0.1) is 30.6 Å². The highest BCUT2D eigenvalue weighted by atomic mass is 19.1. The van der Waals surface area contributed by atoms with Crippen molar-refractivity contribution in [1.29, 1.82) is 0 Å². The quantitative estimate of drug-likeness (QED) is 0.102. The van der Waals surface area contributed by atoms with Crippen molar-refractivity contribution in [3.05, 3.63) is 119 Å². The Labute approximate surface area is 301 Å². The van der Waals surface area contributed by atoms with E-state index in [2.05, 4.69) is 10.3 Å². The monoisotopic (exact) mass is 729 g/mol. The number of carboxylic acids is 2. The van der Waals surface area contributed by atoms with E-state index in [1.807, 2.05) is 0 Å². The van der Waals surface area contributed by atoms with Gasteiger partial charge in [-0.2, -0.15) is 0 Å². The molecule has 0 saturated carbocycles. The van der Waals surface area contributed by atoms with Crippen LogP contribution >= 0.6 is 0 Å². The van der Waals surface area contributed by atoms with E-state index in [-0.39, 0.29) is 23.5 Å². The number of halogens is 1. The van der Waals surface area contributed by atoms with Crippen molar-refractivity contribution in [2.24, 2.45) is 5.73 Å². The fourth-order valence-electron chi connectivity index (χ4n) is 4.98. The van der Waals surface area contributed by atoms with Gasteiger partial charge in [0.15, 0.2) is 11.6 Å². The number of pyridine rings is 1. The molecule has 15 nitrogen and oxygen atoms in total. The smallest absolute Gasteiger partial charge is 0.328 e. The van der Waals surface area contributed by atoms with Crippen molar-refractivity contribution >= 4 is 40.4 Å². The third-order valence-electron chi connectivity index (χ3n) is 7.43. The molecule has 276 valence electrons. The molecular formula is C37H36FN5O10. The molecule has 0 aliphatic heterocycles. The van der Waals surface area contributed by atoms with E-state index in [1.165, 1.54) is 23.7 Å². The number of carbonyl (C=O) groups excluding carboxylic acids is 2. The number of benzene rings is 3. The lowest BCUT2D eigenvalue weighted by Gasteiger charge is -2.19. The second-order valence-electron chi connectivity index (χ2n) is 11.4. The second-order valence-corrected chi connectivity index (χ2v) is 11.4. The van der Waals surface area contributed by atoms with E-state index < -0.39 is 47.3 Å². The van der Waals surface area contributed by atoms with Gasteiger partial charge in [0.1, 0.15) is 29.2 Å². The Morgan fingerprint density at radius 2 is 1.64 bits per heavy atom. The Morgan fingerprint density at radius 1 is 0.962 bits per heavy atom. The Balaban J connectivity index is 0.000000703. The predicted octanol–water partition coefficient (Wildman–Crippen LogP) is 4.68. The zero-order valence-corrected chi connectivity index (χ0v) is 29.0. The van der Waals surface area contributed by atoms with Crippen LogP contribution in [0.25, 0.3) is 16.6 Å². The number of carbonyl (C=O) groups is 4. The molecule has 5 aromatic rings. The first-order valence-electron chi connectivity index (χ1n) is 15.9. The van der Waals surface area contributed by atoms with E-state index in [0.717, 1.165) is 6.07 Å². The minimum Gasteiger partial charge on any atom is -0.497 e. The number of nitrogens with zero attached hydrogens (tertiary/aromatic N) is 3. The van der Waals surface area contributed by atoms with Crippen LogP contribution in [-0.2, 0) is 25.7 Å². The Bertz CT molecular complexity index is 2210. The number of ether oxygens (including phenoxy) is 3. The van der Waals surface area contributed by atoms with Gasteiger partial charge in [-0.3, -0.25) is 24.0 Å². The van der Waals surface area contributed by atoms with Crippen molar-refractivity contribution in [1.82, 2.24) is 14.3 Å². The van der Waals surface area contributed by atoms with E-state index >= 15 is 4.39 Å². The fraction of sp³-hybridized carbons (Fsp3) is 0.189. The average Bonchev–Trinajstić information content (AvgIpc) is 3.36. The molecule has 53 heavy (non-hydrogen) atoms. The highest BCUT2D eigenvalue weighted by molar-refractivity contribution is 6.05. The van der Waals surface area contributed by atoms with Gasteiger partial charge in [-0.25, -0.2) is 18.7 Å². The zero-order chi connectivity index (χ0) is 38.8. The molecule has 5 N–H and O–H groups in total. The molecule has 0 saturated heterocycles. The molecule has 1 amide bonds. The lowest BCUT2D eigenvalue weighted by atomic mass is 10.2. The highest BCUT2D eigenvalue weighted by Gasteiger charge is 2.26. The Hall–Kier alpha value is -6.81. The van der Waals surface area contributed by atoms with Gasteiger partial charge in [-0.1, -0.05) is 18.2 Å². The number of amides is 1. The summed E-state index contributed by atoms with van der Waals surface area (Å²) in [5.41, 5.74) is 6.45. The highest BCUT2D eigenvalue weighted by Crippen LogP contribution is 2.33. The fourth-order valence-corrected chi connectivity index (χ4v) is 4.98. The van der Waals surface area contributed by atoms with Crippen LogP contribution in [0.3, 0.4) is 0 Å². The third-order valence-corrected chi connectivity index (χ3v) is 7.43. The lowest BCUT2D eigenvalue weighted by molar-refractivity contribution is -0.150. The SMILES string of the molecule is COc1ccc2c(Oc3ccc(NC(=O)c4c(C)n(C[C@@H](C)OC(=O)[C@H](C)N)n(-c5ccccc5)c4=O)cc3F)ccnc2c1.O=C(O)/C=C/C(=O)O. The summed E-state index contributed by atoms with van der Waals surface area (Å²) in [4.78, 5) is 62.6. The van der Waals surface area contributed by atoms with Crippen LogP contribution in [0, 0.1) is 12.7 Å². The maximum atomic E-state index is 15.2. The van der Waals surface area contributed by atoms with Crippen LogP contribution in [0.2, 0.25) is 0 Å². The molecule has 3 aromatic carbocycles. The molecule has 2 aromatic heterocycles. The zero-order valence-electron chi connectivity index (χ0n) is 29.0. The Kier molecular flexibility index (Phi) is 12.8. The van der Waals surface area contributed by atoms with Crippen LogP contribution in [0.5, 0.6) is 17.2 Å². The molecule has 16 heteroatoms. The minimum absolute atomic E-state index is 0.0683. The number of methoxy groups -OCH3 is 1. The number of fused-ring (bicyclic) bond motifs is 1. The van der Waals surface area contributed by atoms with Crippen LogP contribution in [0.4, 0.5) is 10.1 Å². The van der Waals surface area contributed by atoms with Crippen molar-refractivity contribution in [2.45, 2.75) is 39.5 Å². The van der Waals surface area contributed by atoms with Crippen LogP contribution < -0.4 is 26.1 Å². The number of carboxylic acid groups (broad SMARTS) is 2. The maximum absolute atomic E-state index is 15.2. The molecule has 0 aliphatic rings. The van der Waals surface area contributed by atoms with E-state index in [1.54, 1.807) is 86.4 Å². The van der Waals surface area contributed by atoms with E-state index in [4.69, 9.17) is 30.2 Å². The minimum atomic E-state index is -1.26. The molecule has 0 unspecified atom stereocenters. The lowest BCUT2D eigenvalue weighted by Crippen LogP contribution is -2.34. The number of hydrogen-bond donors (Lipinski definition) is 4. The summed E-state index contributed by atoms with van der Waals surface area (Å²) in [6.45, 7) is 4.86. The van der Waals surface area contributed by atoms with Gasteiger partial charge >= 0.3 is 17.9 Å². The topological polar surface area (TPSA) is 214 Å². The van der Waals surface area contributed by atoms with E-state index in [0.29, 0.717) is 45.9 Å². The summed E-state index contributed by atoms with van der Waals surface area (Å²) in [6, 6.07) is 18.8. The van der Waals surface area contributed by atoms with Gasteiger partial charge in [0, 0.05) is 41.6 Å². The molecule has 0 aliphatic carbocycles. The molecule has 5 rings (SSSR count). The average molecular weight is 730 g/mol. The van der Waals surface area contributed by atoms with Gasteiger partial charge in [0.2, 0.25) is 0 Å². The molecular weight excluding hydrogens is 693 g/mol. The summed E-state index contributed by atoms with van der Waals surface area (Å²) in [5, 5.41) is 18.9. The number of anilines is 1. The molecule has 0 bridgehead atoms. The number of hydrogen-bond acceptors (Lipinski definition) is 10. The van der Waals surface area contributed by atoms with Crippen LogP contribution in [0.1, 0.15) is 29.9 Å². The van der Waals surface area contributed by atoms with Crippen LogP contribution in [0.15, 0.2) is 95.9 Å². The maximum Gasteiger partial charge on any atom is 0.328 e. The first kappa shape index (κ1) is 39.0. The number of aliphatic carboxylic acids is 2. The molecule has 2 heterocycles. The number of para-hydroxylation sites is 1. The third kappa shape index (κ3) is 9.92. The summed E-state index contributed by atoms with van der Waals surface area (Å²) in [5.74, 6) is -3.63. The number of nitrogens with one attached hydrogen (secondary N) is 1. The van der Waals surface area contributed by atoms with Crippen molar-refractivity contribution < 1.29 is 48.0 Å². The standard InChI is InChI=1S/C33H32FN5O6.C4H4O4/c1-19(44-33(42)20(2)35)18-38-21(3)30(32(41)39(38)23-8-6-5-7-9-23)31(40)37-22-10-13-29(26(34)16-22)45-28-14-15-36-27-17-24(43-4)11-12-25(27)28;5-3(6)1-2-4(7)8/h5-17,19-20H,18,35H2,1-4H3,(H,37,40);1-2H,(H,5,6)(H,7,8)/b;2-1+/t19-,20+;/m1./s1. The predicted molar refractivity (Wildman–Crippen MR) is 191 cm³/mol. The van der Waals surface area contributed by atoms with Gasteiger partial charge < -0.3 is 35.5 Å². The number of rotatable bonds is 12. The number of esters is 1. The molecule has 0 fully saturated rings. The van der Waals surface area contributed by atoms with Gasteiger partial charge in [-0.05, 0) is 63.2 Å². The second kappa shape index (κ2) is 17.4. The summed E-state index contributed by atoms with van der Waals surface area (Å²) in [6.07, 6.45) is 2.00. The van der Waals surface area contributed by atoms with E-state index in [9.17, 15) is 24.0 Å². The van der Waals surface area contributed by atoms with Crippen molar-refractivity contribution in [3.8, 4) is 22.9 Å². The molecule has 0 spiro atoms. The van der Waals surface area contributed by atoms with Gasteiger partial charge in [0.25, 0.3) is 11.5 Å². The summed E-state index contributed by atoms with van der Waals surface area (Å²) < 4.78 is 34.6. The van der Waals surface area contributed by atoms with Crippen molar-refractivity contribution in [2.75, 3.05) is 12.4 Å². The number of nitrogens with two attached hydrogens (primary N) is 1. The number of aromatic nitrogens is 3. The largest absolute Gasteiger partial charge is 0.497 e. The Morgan fingerprint density at radius 3 is 2.25 bits per heavy atom. The summed E-state index contributed by atoms with van der Waals surface area (Å²) in [7, 11) is 1.55. The van der Waals surface area contributed by atoms with Crippen molar-refractivity contribution in [3.63, 3.8) is 0 Å². The molecule has 2 atom stereocenters. The summed E-state index contributed by atoms with van der Waals surface area (Å²) >= 11 is 0. The first-order valence-corrected chi connectivity index (χ1v) is 15.9.